The van der Waals surface area contributed by atoms with Gasteiger partial charge in [0.25, 0.3) is 10.0 Å². The number of nitrogens with zero attached hydrogens (tertiary/aromatic N) is 1. The van der Waals surface area contributed by atoms with E-state index in [1.807, 2.05) is 20.8 Å². The lowest BCUT2D eigenvalue weighted by Gasteiger charge is -2.34. The molecule has 0 radical (unpaired) electrons. The highest BCUT2D eigenvalue weighted by Crippen LogP contribution is 2.27. The van der Waals surface area contributed by atoms with Crippen molar-refractivity contribution >= 4 is 27.3 Å². The first kappa shape index (κ1) is 18.2. The highest BCUT2D eigenvalue weighted by atomic mass is 32.2. The number of carbonyl (C=O) groups excluding carboxylic acids is 1. The summed E-state index contributed by atoms with van der Waals surface area (Å²) in [5.74, 6) is -0.106. The summed E-state index contributed by atoms with van der Waals surface area (Å²) in [5.41, 5.74) is 0.128. The van der Waals surface area contributed by atoms with Crippen LogP contribution < -0.4 is 5.32 Å². The monoisotopic (exact) mass is 356 g/mol. The second-order valence-electron chi connectivity index (χ2n) is 6.51. The Balaban J connectivity index is 2.07. The van der Waals surface area contributed by atoms with E-state index in [1.165, 1.54) is 15.6 Å². The van der Waals surface area contributed by atoms with Crippen molar-refractivity contribution in [2.75, 3.05) is 13.1 Å². The predicted octanol–water partition coefficient (Wildman–Crippen LogP) is 2.62. The zero-order valence-corrected chi connectivity index (χ0v) is 15.5. The van der Waals surface area contributed by atoms with Crippen LogP contribution >= 0.6 is 11.3 Å². The molecule has 1 saturated heterocycles. The standard InChI is InChI=1S/C16H24N2O3S2/c1-12(2)16(3,4)15(19)17-13-7-5-9-18(11-13)23(20,21)14-8-6-10-22-14/h6,8,10,13H,1,5,7,9,11H2,2-4H3,(H,17,19)/t13-/m1/s1. The van der Waals surface area contributed by atoms with Gasteiger partial charge in [-0.2, -0.15) is 4.31 Å². The molecular formula is C16H24N2O3S2. The summed E-state index contributed by atoms with van der Waals surface area (Å²) in [7, 11) is -3.46. The van der Waals surface area contributed by atoms with Crippen LogP contribution in [0, 0.1) is 5.41 Å². The fraction of sp³-hybridized carbons (Fsp3) is 0.562. The highest BCUT2D eigenvalue weighted by molar-refractivity contribution is 7.91. The molecule has 0 bridgehead atoms. The second kappa shape index (κ2) is 6.75. The van der Waals surface area contributed by atoms with Crippen LogP contribution in [0.3, 0.4) is 0 Å². The van der Waals surface area contributed by atoms with Crippen molar-refractivity contribution in [2.24, 2.45) is 5.41 Å². The molecule has 1 aliphatic heterocycles. The molecule has 0 spiro atoms. The fourth-order valence-corrected chi connectivity index (χ4v) is 5.04. The smallest absolute Gasteiger partial charge is 0.252 e. The van der Waals surface area contributed by atoms with Crippen molar-refractivity contribution < 1.29 is 13.2 Å². The Kier molecular flexibility index (Phi) is 5.33. The minimum absolute atomic E-state index is 0.106. The van der Waals surface area contributed by atoms with Gasteiger partial charge in [-0.3, -0.25) is 4.79 Å². The van der Waals surface area contributed by atoms with Gasteiger partial charge >= 0.3 is 0 Å². The average molecular weight is 357 g/mol. The maximum Gasteiger partial charge on any atom is 0.252 e. The second-order valence-corrected chi connectivity index (χ2v) is 9.63. The minimum atomic E-state index is -3.46. The first-order chi connectivity index (χ1) is 10.7. The van der Waals surface area contributed by atoms with Crippen LogP contribution in [0.4, 0.5) is 0 Å². The molecule has 7 heteroatoms. The summed E-state index contributed by atoms with van der Waals surface area (Å²) in [5, 5.41) is 4.74. The number of nitrogens with one attached hydrogen (secondary N) is 1. The summed E-state index contributed by atoms with van der Waals surface area (Å²) in [4.78, 5) is 12.4. The van der Waals surface area contributed by atoms with E-state index in [0.717, 1.165) is 18.4 Å². The molecule has 0 saturated carbocycles. The topological polar surface area (TPSA) is 66.5 Å². The number of carbonyl (C=O) groups is 1. The number of hydrogen-bond acceptors (Lipinski definition) is 4. The minimum Gasteiger partial charge on any atom is -0.351 e. The van der Waals surface area contributed by atoms with Gasteiger partial charge in [0, 0.05) is 19.1 Å². The van der Waals surface area contributed by atoms with E-state index in [9.17, 15) is 13.2 Å². The Bertz CT molecular complexity index is 678. The first-order valence-corrected chi connectivity index (χ1v) is 9.98. The fourth-order valence-electron chi connectivity index (χ4n) is 2.38. The Morgan fingerprint density at radius 3 is 2.74 bits per heavy atom. The lowest BCUT2D eigenvalue weighted by molar-refractivity contribution is -0.128. The summed E-state index contributed by atoms with van der Waals surface area (Å²) >= 11 is 1.22. The third kappa shape index (κ3) is 3.84. The van der Waals surface area contributed by atoms with Gasteiger partial charge in [0.05, 0.1) is 5.41 Å². The number of amides is 1. The van der Waals surface area contributed by atoms with Crippen molar-refractivity contribution in [2.45, 2.75) is 43.9 Å². The Morgan fingerprint density at radius 2 is 2.17 bits per heavy atom. The molecule has 2 rings (SSSR count). The molecular weight excluding hydrogens is 332 g/mol. The maximum atomic E-state index is 12.6. The largest absolute Gasteiger partial charge is 0.351 e. The molecule has 0 aliphatic carbocycles. The molecule has 1 fully saturated rings. The van der Waals surface area contributed by atoms with E-state index in [0.29, 0.717) is 17.3 Å². The van der Waals surface area contributed by atoms with Crippen molar-refractivity contribution in [3.05, 3.63) is 29.7 Å². The zero-order chi connectivity index (χ0) is 17.3. The van der Waals surface area contributed by atoms with Crippen LogP contribution in [0.2, 0.25) is 0 Å². The summed E-state index contributed by atoms with van der Waals surface area (Å²) < 4.78 is 27.0. The van der Waals surface area contributed by atoms with E-state index in [1.54, 1.807) is 17.5 Å². The van der Waals surface area contributed by atoms with Crippen molar-refractivity contribution in [3.63, 3.8) is 0 Å². The third-order valence-corrected chi connectivity index (χ3v) is 7.68. The van der Waals surface area contributed by atoms with Crippen LogP contribution in [-0.4, -0.2) is 37.8 Å². The molecule has 1 N–H and O–H groups in total. The van der Waals surface area contributed by atoms with Gasteiger partial charge in [0.2, 0.25) is 5.91 Å². The summed E-state index contributed by atoms with van der Waals surface area (Å²) in [6, 6.07) is 3.19. The molecule has 2 heterocycles. The van der Waals surface area contributed by atoms with Gasteiger partial charge in [-0.25, -0.2) is 8.42 Å². The molecule has 5 nitrogen and oxygen atoms in total. The quantitative estimate of drug-likeness (QED) is 0.825. The number of rotatable bonds is 5. The van der Waals surface area contributed by atoms with Gasteiger partial charge < -0.3 is 5.32 Å². The Hall–Kier alpha value is -1.18. The SMILES string of the molecule is C=C(C)C(C)(C)C(=O)N[C@@H]1CCCN(S(=O)(=O)c2cccs2)C1. The van der Waals surface area contributed by atoms with Crippen LogP contribution in [0.25, 0.3) is 0 Å². The maximum absolute atomic E-state index is 12.6. The van der Waals surface area contributed by atoms with E-state index >= 15 is 0 Å². The number of thiophene rings is 1. The molecule has 23 heavy (non-hydrogen) atoms. The molecule has 1 aliphatic rings. The van der Waals surface area contributed by atoms with E-state index < -0.39 is 15.4 Å². The highest BCUT2D eigenvalue weighted by Gasteiger charge is 2.34. The molecule has 1 aromatic rings. The van der Waals surface area contributed by atoms with Crippen LogP contribution in [0.15, 0.2) is 33.9 Å². The van der Waals surface area contributed by atoms with Crippen LogP contribution in [-0.2, 0) is 14.8 Å². The van der Waals surface area contributed by atoms with Gasteiger partial charge in [0.15, 0.2) is 0 Å². The van der Waals surface area contributed by atoms with Gasteiger partial charge in [-0.05, 0) is 45.1 Å². The van der Waals surface area contributed by atoms with Gasteiger partial charge in [-0.1, -0.05) is 18.2 Å². The normalized spacial score (nSPS) is 20.2. The van der Waals surface area contributed by atoms with Crippen LogP contribution in [0.1, 0.15) is 33.6 Å². The molecule has 0 aromatic carbocycles. The number of hydrogen-bond donors (Lipinski definition) is 1. The van der Waals surface area contributed by atoms with Crippen molar-refractivity contribution in [1.82, 2.24) is 9.62 Å². The third-order valence-electron chi connectivity index (χ3n) is 4.44. The molecule has 1 amide bonds. The first-order valence-electron chi connectivity index (χ1n) is 7.66. The van der Waals surface area contributed by atoms with Gasteiger partial charge in [-0.15, -0.1) is 11.3 Å². The summed E-state index contributed by atoms with van der Waals surface area (Å²) in [6.45, 7) is 10.2. The molecule has 1 atom stereocenters. The molecule has 128 valence electrons. The Morgan fingerprint density at radius 1 is 1.48 bits per heavy atom. The average Bonchev–Trinajstić information content (AvgIpc) is 3.02. The van der Waals surface area contributed by atoms with E-state index in [2.05, 4.69) is 11.9 Å². The predicted molar refractivity (Wildman–Crippen MR) is 92.8 cm³/mol. The van der Waals surface area contributed by atoms with Gasteiger partial charge in [0.1, 0.15) is 4.21 Å². The van der Waals surface area contributed by atoms with Crippen molar-refractivity contribution in [3.8, 4) is 0 Å². The Labute approximate surface area is 142 Å². The summed E-state index contributed by atoms with van der Waals surface area (Å²) in [6.07, 6.45) is 1.53. The van der Waals surface area contributed by atoms with E-state index in [-0.39, 0.29) is 11.9 Å². The molecule has 0 unspecified atom stereocenters. The zero-order valence-electron chi connectivity index (χ0n) is 13.8. The number of piperidine rings is 1. The van der Waals surface area contributed by atoms with Crippen molar-refractivity contribution in [1.29, 1.82) is 0 Å². The number of sulfonamides is 1. The van der Waals surface area contributed by atoms with Crippen LogP contribution in [0.5, 0.6) is 0 Å². The van der Waals surface area contributed by atoms with E-state index in [4.69, 9.17) is 0 Å². The lowest BCUT2D eigenvalue weighted by atomic mass is 9.84. The molecule has 1 aromatic heterocycles. The lowest BCUT2D eigenvalue weighted by Crippen LogP contribution is -2.52.